The molecule has 0 unspecified atom stereocenters. The van der Waals surface area contributed by atoms with Crippen molar-refractivity contribution in [2.45, 2.75) is 58.0 Å². The Morgan fingerprint density at radius 2 is 1.40 bits per heavy atom. The molecule has 0 aliphatic carbocycles. The van der Waals surface area contributed by atoms with Crippen molar-refractivity contribution in [3.05, 3.63) is 0 Å². The number of rotatable bonds is 10. The molecule has 0 bridgehead atoms. The molecule has 0 aliphatic rings. The van der Waals surface area contributed by atoms with Crippen molar-refractivity contribution in [3.8, 4) is 0 Å². The van der Waals surface area contributed by atoms with Gasteiger partial charge in [-0.3, -0.25) is 0 Å². The minimum atomic E-state index is -0.398. The van der Waals surface area contributed by atoms with Crippen LogP contribution < -0.4 is 0 Å². The van der Waals surface area contributed by atoms with Crippen molar-refractivity contribution >= 4 is 11.8 Å². The van der Waals surface area contributed by atoms with E-state index in [0.717, 1.165) is 32.5 Å². The van der Waals surface area contributed by atoms with Gasteiger partial charge in [0.05, 0.1) is 13.2 Å². The van der Waals surface area contributed by atoms with Crippen molar-refractivity contribution in [1.82, 2.24) is 0 Å². The molecule has 0 N–H and O–H groups in total. The third-order valence-electron chi connectivity index (χ3n) is 2.38. The standard InChI is InChI=1S/C12H26O2S/c1-5-8-10-13-12(7-3,15-4)14-11-9-6-2/h5-11H2,1-4H3. The largest absolute Gasteiger partial charge is 0.341 e. The number of thioether (sulfide) groups is 1. The molecule has 0 saturated carbocycles. The molecule has 0 radical (unpaired) electrons. The Hall–Kier alpha value is 0.270. The van der Waals surface area contributed by atoms with E-state index < -0.39 is 5.12 Å². The molecule has 0 aliphatic heterocycles. The highest BCUT2D eigenvalue weighted by atomic mass is 32.2. The molecule has 0 saturated heterocycles. The van der Waals surface area contributed by atoms with Crippen LogP contribution in [0.5, 0.6) is 0 Å². The molecule has 0 aromatic carbocycles. The first-order valence-corrected chi connectivity index (χ1v) is 7.30. The molecular weight excluding hydrogens is 208 g/mol. The maximum Gasteiger partial charge on any atom is 0.217 e. The molecular formula is C12H26O2S. The normalized spacial score (nSPS) is 12.0. The zero-order chi connectivity index (χ0) is 11.6. The summed E-state index contributed by atoms with van der Waals surface area (Å²) >= 11 is 1.67. The molecule has 0 aromatic heterocycles. The van der Waals surface area contributed by atoms with Gasteiger partial charge < -0.3 is 9.47 Å². The summed E-state index contributed by atoms with van der Waals surface area (Å²) in [6.07, 6.45) is 7.52. The Bertz CT molecular complexity index is 124. The first kappa shape index (κ1) is 15.3. The zero-order valence-corrected chi connectivity index (χ0v) is 11.5. The van der Waals surface area contributed by atoms with Gasteiger partial charge in [0.2, 0.25) is 5.12 Å². The topological polar surface area (TPSA) is 18.5 Å². The fourth-order valence-electron chi connectivity index (χ4n) is 1.25. The van der Waals surface area contributed by atoms with Crippen LogP contribution in [0.4, 0.5) is 0 Å². The number of unbranched alkanes of at least 4 members (excludes halogenated alkanes) is 2. The van der Waals surface area contributed by atoms with Gasteiger partial charge in [-0.05, 0) is 19.1 Å². The summed E-state index contributed by atoms with van der Waals surface area (Å²) in [5, 5.41) is -0.398. The van der Waals surface area contributed by atoms with Crippen LogP contribution in [0.1, 0.15) is 52.9 Å². The molecule has 0 heterocycles. The molecule has 0 fully saturated rings. The average Bonchev–Trinajstić information content (AvgIpc) is 2.28. The minimum Gasteiger partial charge on any atom is -0.341 e. The monoisotopic (exact) mass is 234 g/mol. The van der Waals surface area contributed by atoms with Gasteiger partial charge >= 0.3 is 0 Å². The number of ether oxygens (including phenoxy) is 2. The Morgan fingerprint density at radius 3 is 1.67 bits per heavy atom. The summed E-state index contributed by atoms with van der Waals surface area (Å²) in [5.41, 5.74) is 0. The molecule has 3 heteroatoms. The molecule has 0 amide bonds. The van der Waals surface area contributed by atoms with Gasteiger partial charge in [-0.1, -0.05) is 33.6 Å². The highest BCUT2D eigenvalue weighted by Crippen LogP contribution is 2.30. The summed E-state index contributed by atoms with van der Waals surface area (Å²) in [6.45, 7) is 8.07. The van der Waals surface area contributed by atoms with E-state index in [1.54, 1.807) is 11.8 Å². The quantitative estimate of drug-likeness (QED) is 0.420. The van der Waals surface area contributed by atoms with Crippen molar-refractivity contribution in [3.63, 3.8) is 0 Å². The van der Waals surface area contributed by atoms with Crippen molar-refractivity contribution in [2.24, 2.45) is 0 Å². The van der Waals surface area contributed by atoms with Gasteiger partial charge in [-0.2, -0.15) is 0 Å². The summed E-state index contributed by atoms with van der Waals surface area (Å²) in [4.78, 5) is 0. The third kappa shape index (κ3) is 6.44. The Kier molecular flexibility index (Phi) is 9.66. The molecule has 0 spiro atoms. The van der Waals surface area contributed by atoms with Crippen LogP contribution in [-0.4, -0.2) is 24.6 Å². The SMILES string of the molecule is CCCCOC(CC)(OCCCC)SC. The van der Waals surface area contributed by atoms with E-state index >= 15 is 0 Å². The highest BCUT2D eigenvalue weighted by molar-refractivity contribution is 7.99. The molecule has 15 heavy (non-hydrogen) atoms. The maximum absolute atomic E-state index is 5.86. The van der Waals surface area contributed by atoms with E-state index in [1.165, 1.54) is 12.8 Å². The van der Waals surface area contributed by atoms with Crippen LogP contribution in [0.3, 0.4) is 0 Å². The summed E-state index contributed by atoms with van der Waals surface area (Å²) < 4.78 is 11.7. The van der Waals surface area contributed by atoms with E-state index in [4.69, 9.17) is 9.47 Å². The fraction of sp³-hybridized carbons (Fsp3) is 1.00. The molecule has 2 nitrogen and oxygen atoms in total. The van der Waals surface area contributed by atoms with Crippen LogP contribution in [0.25, 0.3) is 0 Å². The first-order valence-electron chi connectivity index (χ1n) is 6.07. The van der Waals surface area contributed by atoms with E-state index in [-0.39, 0.29) is 0 Å². The van der Waals surface area contributed by atoms with Crippen molar-refractivity contribution < 1.29 is 9.47 Å². The van der Waals surface area contributed by atoms with Crippen LogP contribution in [0.2, 0.25) is 0 Å². The number of hydrogen-bond acceptors (Lipinski definition) is 3. The minimum absolute atomic E-state index is 0.398. The van der Waals surface area contributed by atoms with Crippen molar-refractivity contribution in [1.29, 1.82) is 0 Å². The van der Waals surface area contributed by atoms with Crippen LogP contribution in [-0.2, 0) is 9.47 Å². The molecule has 0 atom stereocenters. The van der Waals surface area contributed by atoms with E-state index in [2.05, 4.69) is 27.0 Å². The zero-order valence-electron chi connectivity index (χ0n) is 10.7. The van der Waals surface area contributed by atoms with Gasteiger partial charge in [0.1, 0.15) is 0 Å². The maximum atomic E-state index is 5.86. The van der Waals surface area contributed by atoms with E-state index in [0.29, 0.717) is 0 Å². The smallest absolute Gasteiger partial charge is 0.217 e. The second-order valence-corrected chi connectivity index (χ2v) is 4.67. The second-order valence-electron chi connectivity index (χ2n) is 3.64. The summed E-state index contributed by atoms with van der Waals surface area (Å²) in [6, 6.07) is 0. The molecule has 92 valence electrons. The van der Waals surface area contributed by atoms with Gasteiger partial charge in [0.25, 0.3) is 0 Å². The van der Waals surface area contributed by atoms with Crippen LogP contribution in [0, 0.1) is 0 Å². The summed E-state index contributed by atoms with van der Waals surface area (Å²) in [5.74, 6) is 0. The highest BCUT2D eigenvalue weighted by Gasteiger charge is 2.28. The molecule has 0 rings (SSSR count). The Morgan fingerprint density at radius 1 is 0.933 bits per heavy atom. The Labute approximate surface area is 99.1 Å². The number of hydrogen-bond donors (Lipinski definition) is 0. The Balaban J connectivity index is 3.93. The van der Waals surface area contributed by atoms with E-state index in [9.17, 15) is 0 Å². The van der Waals surface area contributed by atoms with Gasteiger partial charge in [0, 0.05) is 6.42 Å². The fourth-order valence-corrected chi connectivity index (χ4v) is 1.94. The van der Waals surface area contributed by atoms with Crippen LogP contribution in [0.15, 0.2) is 0 Å². The average molecular weight is 234 g/mol. The van der Waals surface area contributed by atoms with Gasteiger partial charge in [-0.15, -0.1) is 11.8 Å². The third-order valence-corrected chi connectivity index (χ3v) is 3.53. The predicted molar refractivity (Wildman–Crippen MR) is 68.3 cm³/mol. The van der Waals surface area contributed by atoms with E-state index in [1.807, 2.05) is 0 Å². The predicted octanol–water partition coefficient (Wildman–Crippen LogP) is 4.05. The van der Waals surface area contributed by atoms with Crippen LogP contribution >= 0.6 is 11.8 Å². The van der Waals surface area contributed by atoms with Crippen molar-refractivity contribution in [2.75, 3.05) is 19.5 Å². The van der Waals surface area contributed by atoms with Gasteiger partial charge in [0.15, 0.2) is 0 Å². The first-order chi connectivity index (χ1) is 7.24. The lowest BCUT2D eigenvalue weighted by Crippen LogP contribution is -2.32. The molecule has 0 aromatic rings. The van der Waals surface area contributed by atoms with Gasteiger partial charge in [-0.25, -0.2) is 0 Å². The second kappa shape index (κ2) is 9.49. The lowest BCUT2D eigenvalue weighted by molar-refractivity contribution is -0.173. The summed E-state index contributed by atoms with van der Waals surface area (Å²) in [7, 11) is 0. The lowest BCUT2D eigenvalue weighted by Gasteiger charge is -2.31. The lowest BCUT2D eigenvalue weighted by atomic mass is 10.3.